The molecule has 0 aliphatic heterocycles. The normalized spacial score (nSPS) is 12.0. The molecule has 7 heteroatoms. The summed E-state index contributed by atoms with van der Waals surface area (Å²) in [7, 11) is 0. The molecule has 0 spiro atoms. The van der Waals surface area contributed by atoms with Crippen molar-refractivity contribution < 1.29 is 18.0 Å². The Morgan fingerprint density at radius 1 is 1.05 bits per heavy atom. The van der Waals surface area contributed by atoms with Crippen LogP contribution in [0.5, 0.6) is 0 Å². The van der Waals surface area contributed by atoms with E-state index in [1.807, 2.05) is 0 Å². The number of alkyl halides is 1. The molecule has 0 heterocycles. The molecule has 0 radical (unpaired) electrons. The molecule has 0 aliphatic rings. The van der Waals surface area contributed by atoms with Gasteiger partial charge in [0.15, 0.2) is 5.82 Å². The van der Waals surface area contributed by atoms with Crippen molar-refractivity contribution in [3.8, 4) is 0 Å². The third-order valence-electron chi connectivity index (χ3n) is 2.65. The molecule has 0 bridgehead atoms. The third-order valence-corrected chi connectivity index (χ3v) is 4.22. The average molecular weight is 423 g/mol. The summed E-state index contributed by atoms with van der Waals surface area (Å²) < 4.78 is 39.5. The lowest BCUT2D eigenvalue weighted by molar-refractivity contribution is -0.115. The van der Waals surface area contributed by atoms with Gasteiger partial charge < -0.3 is 5.32 Å². The molecule has 0 saturated heterocycles. The van der Waals surface area contributed by atoms with Gasteiger partial charge in [-0.15, -0.1) is 0 Å². The van der Waals surface area contributed by atoms with Gasteiger partial charge in [-0.05, 0) is 39.7 Å². The van der Waals surface area contributed by atoms with E-state index in [0.29, 0.717) is 11.6 Å². The predicted octanol–water partition coefficient (Wildman–Crippen LogP) is 4.94. The molecule has 2 aromatic rings. The van der Waals surface area contributed by atoms with Crippen molar-refractivity contribution in [3.05, 3.63) is 63.9 Å². The molecule has 110 valence electrons. The average Bonchev–Trinajstić information content (AvgIpc) is 2.42. The van der Waals surface area contributed by atoms with E-state index < -0.39 is 28.2 Å². The molecule has 1 amide bonds. The first-order valence-corrected chi connectivity index (χ1v) is 7.44. The summed E-state index contributed by atoms with van der Waals surface area (Å²) in [6.45, 7) is 0. The standard InChI is InChI=1S/C14H8Br2F3NO/c15-10-5-9(18)6-11(19)13(10)20-14(21)12(16)7-1-3-8(17)4-2-7/h1-6,12H,(H,20,21). The van der Waals surface area contributed by atoms with Crippen molar-refractivity contribution in [2.75, 3.05) is 5.32 Å². The number of hydrogen-bond acceptors (Lipinski definition) is 1. The first-order valence-electron chi connectivity index (χ1n) is 5.73. The summed E-state index contributed by atoms with van der Waals surface area (Å²) in [5.41, 5.74) is 0.348. The van der Waals surface area contributed by atoms with E-state index in [-0.39, 0.29) is 10.2 Å². The number of rotatable bonds is 3. The smallest absolute Gasteiger partial charge is 0.242 e. The molecule has 2 aromatic carbocycles. The van der Waals surface area contributed by atoms with Crippen LogP contribution in [0, 0.1) is 17.5 Å². The van der Waals surface area contributed by atoms with Crippen LogP contribution in [0.15, 0.2) is 40.9 Å². The zero-order chi connectivity index (χ0) is 15.6. The number of carbonyl (C=O) groups excluding carboxylic acids is 1. The second-order valence-electron chi connectivity index (χ2n) is 4.15. The molecule has 0 saturated carbocycles. The minimum absolute atomic E-state index is 0.0900. The maximum Gasteiger partial charge on any atom is 0.242 e. The molecule has 1 atom stereocenters. The third kappa shape index (κ3) is 3.85. The number of amides is 1. The number of nitrogens with one attached hydrogen (secondary N) is 1. The maximum atomic E-state index is 13.6. The van der Waals surface area contributed by atoms with Gasteiger partial charge in [-0.1, -0.05) is 28.1 Å². The summed E-state index contributed by atoms with van der Waals surface area (Å²) >= 11 is 6.13. The molecule has 0 aromatic heterocycles. The number of benzene rings is 2. The highest BCUT2D eigenvalue weighted by Crippen LogP contribution is 2.30. The van der Waals surface area contributed by atoms with Crippen LogP contribution in [-0.2, 0) is 4.79 Å². The minimum Gasteiger partial charge on any atom is -0.321 e. The zero-order valence-corrected chi connectivity index (χ0v) is 13.5. The van der Waals surface area contributed by atoms with Gasteiger partial charge in [-0.25, -0.2) is 13.2 Å². The highest BCUT2D eigenvalue weighted by molar-refractivity contribution is 9.10. The van der Waals surface area contributed by atoms with Crippen LogP contribution >= 0.6 is 31.9 Å². The largest absolute Gasteiger partial charge is 0.321 e. The van der Waals surface area contributed by atoms with Gasteiger partial charge in [0, 0.05) is 10.5 Å². The van der Waals surface area contributed by atoms with Gasteiger partial charge in [-0.3, -0.25) is 4.79 Å². The molecular formula is C14H8Br2F3NO. The lowest BCUT2D eigenvalue weighted by atomic mass is 10.1. The molecule has 0 aliphatic carbocycles. The van der Waals surface area contributed by atoms with Gasteiger partial charge in [0.05, 0.1) is 5.69 Å². The zero-order valence-electron chi connectivity index (χ0n) is 10.3. The first-order chi connectivity index (χ1) is 9.88. The minimum atomic E-state index is -0.894. The number of carbonyl (C=O) groups is 1. The van der Waals surface area contributed by atoms with Crippen molar-refractivity contribution in [2.24, 2.45) is 0 Å². The second-order valence-corrected chi connectivity index (χ2v) is 5.92. The van der Waals surface area contributed by atoms with Crippen molar-refractivity contribution in [2.45, 2.75) is 4.83 Å². The molecule has 1 N–H and O–H groups in total. The van der Waals surface area contributed by atoms with E-state index in [1.54, 1.807) is 0 Å². The summed E-state index contributed by atoms with van der Waals surface area (Å²) in [6.07, 6.45) is 0. The quantitative estimate of drug-likeness (QED) is 0.697. The highest BCUT2D eigenvalue weighted by atomic mass is 79.9. The Hall–Kier alpha value is -1.34. The Morgan fingerprint density at radius 2 is 1.67 bits per heavy atom. The fourth-order valence-electron chi connectivity index (χ4n) is 1.63. The van der Waals surface area contributed by atoms with E-state index in [1.165, 1.54) is 24.3 Å². The van der Waals surface area contributed by atoms with Gasteiger partial charge in [0.25, 0.3) is 0 Å². The van der Waals surface area contributed by atoms with Gasteiger partial charge in [0.2, 0.25) is 5.91 Å². The Balaban J connectivity index is 2.20. The predicted molar refractivity (Wildman–Crippen MR) is 80.8 cm³/mol. The van der Waals surface area contributed by atoms with Crippen molar-refractivity contribution in [1.29, 1.82) is 0 Å². The van der Waals surface area contributed by atoms with Gasteiger partial charge in [-0.2, -0.15) is 0 Å². The SMILES string of the molecule is O=C(Nc1c(F)cc(F)cc1Br)C(Br)c1ccc(F)cc1. The molecule has 1 unspecified atom stereocenters. The Kier molecular flexibility index (Phi) is 5.05. The second kappa shape index (κ2) is 6.62. The van der Waals surface area contributed by atoms with Crippen LogP contribution in [0.4, 0.5) is 18.9 Å². The summed E-state index contributed by atoms with van der Waals surface area (Å²) in [6, 6.07) is 7.01. The van der Waals surface area contributed by atoms with Crippen LogP contribution in [-0.4, -0.2) is 5.91 Å². The molecule has 2 nitrogen and oxygen atoms in total. The number of halogens is 5. The van der Waals surface area contributed by atoms with Gasteiger partial charge in [0.1, 0.15) is 16.5 Å². The topological polar surface area (TPSA) is 29.1 Å². The lowest BCUT2D eigenvalue weighted by Gasteiger charge is -2.13. The summed E-state index contributed by atoms with van der Waals surface area (Å²) in [5, 5.41) is 2.35. The maximum absolute atomic E-state index is 13.6. The molecular weight excluding hydrogens is 415 g/mol. The van der Waals surface area contributed by atoms with Crippen molar-refractivity contribution in [3.63, 3.8) is 0 Å². The monoisotopic (exact) mass is 421 g/mol. The van der Waals surface area contributed by atoms with Gasteiger partial charge >= 0.3 is 0 Å². The number of hydrogen-bond donors (Lipinski definition) is 1. The Bertz CT molecular complexity index is 653. The fourth-order valence-corrected chi connectivity index (χ4v) is 2.56. The summed E-state index contributed by atoms with van der Waals surface area (Å²) in [4.78, 5) is 11.3. The van der Waals surface area contributed by atoms with E-state index >= 15 is 0 Å². The van der Waals surface area contributed by atoms with Crippen LogP contribution in [0.1, 0.15) is 10.4 Å². The van der Waals surface area contributed by atoms with Crippen LogP contribution in [0.2, 0.25) is 0 Å². The Morgan fingerprint density at radius 3 is 2.24 bits per heavy atom. The molecule has 2 rings (SSSR count). The van der Waals surface area contributed by atoms with Crippen LogP contribution in [0.3, 0.4) is 0 Å². The first kappa shape index (κ1) is 16.0. The molecule has 0 fully saturated rings. The van der Waals surface area contributed by atoms with E-state index in [4.69, 9.17) is 0 Å². The fraction of sp³-hybridized carbons (Fsp3) is 0.0714. The van der Waals surface area contributed by atoms with Crippen LogP contribution in [0.25, 0.3) is 0 Å². The number of anilines is 1. The van der Waals surface area contributed by atoms with Crippen molar-refractivity contribution in [1.82, 2.24) is 0 Å². The molecule has 21 heavy (non-hydrogen) atoms. The highest BCUT2D eigenvalue weighted by Gasteiger charge is 2.20. The Labute approximate surface area is 135 Å². The van der Waals surface area contributed by atoms with E-state index in [2.05, 4.69) is 37.2 Å². The summed E-state index contributed by atoms with van der Waals surface area (Å²) in [5.74, 6) is -2.64. The van der Waals surface area contributed by atoms with Crippen LogP contribution < -0.4 is 5.32 Å². The van der Waals surface area contributed by atoms with E-state index in [0.717, 1.165) is 6.07 Å². The van der Waals surface area contributed by atoms with E-state index in [9.17, 15) is 18.0 Å². The lowest BCUT2D eigenvalue weighted by Crippen LogP contribution is -2.18. The van der Waals surface area contributed by atoms with Crippen molar-refractivity contribution >= 4 is 43.5 Å².